The quantitative estimate of drug-likeness (QED) is 0.319. The minimum atomic E-state index is -3.37. The summed E-state index contributed by atoms with van der Waals surface area (Å²) in [6, 6.07) is 0. The smallest absolute Gasteiger partial charge is 0.744 e. The molecule has 0 aliphatic rings. The fourth-order valence-corrected chi connectivity index (χ4v) is 0. The molecule has 48 valence electrons. The third kappa shape index (κ3) is 275. The van der Waals surface area contributed by atoms with E-state index in [4.69, 9.17) is 28.0 Å². The molecular weight excluding hydrogens is 197 g/mol. The average molecular weight is 198 g/mol. The van der Waals surface area contributed by atoms with Gasteiger partial charge in [-0.05, 0) is 0 Å². The second-order valence-electron chi connectivity index (χ2n) is 0.461. The van der Waals surface area contributed by atoms with Gasteiger partial charge in [0.25, 0.3) is 0 Å². The molecule has 9 heteroatoms. The average Bonchev–Trinajstić information content (AvgIpc) is 1.25. The third-order valence-electron chi connectivity index (χ3n) is 0. The monoisotopic (exact) mass is 198 g/mol. The minimum Gasteiger partial charge on any atom is -0.744 e. The van der Waals surface area contributed by atoms with Crippen molar-refractivity contribution in [3.63, 3.8) is 0 Å². The summed E-state index contributed by atoms with van der Waals surface area (Å²) in [5.41, 5.74) is 0. The molecule has 1 N–H and O–H groups in total. The Bertz CT molecular complexity index is 128. The molecule has 0 amide bonds. The summed E-state index contributed by atoms with van der Waals surface area (Å²) in [6.45, 7) is 0. The molecule has 0 atom stereocenters. The third-order valence-corrected chi connectivity index (χ3v) is 0. The van der Waals surface area contributed by atoms with Crippen molar-refractivity contribution in [2.75, 3.05) is 0 Å². The number of hydrogen-bond donors (Lipinski definition) is 1. The fourth-order valence-electron chi connectivity index (χ4n) is 0. The van der Waals surface area contributed by atoms with Crippen molar-refractivity contribution < 1.29 is 79.4 Å². The van der Waals surface area contributed by atoms with Gasteiger partial charge in [0.2, 0.25) is 7.91 Å². The molecular formula is HKO6P2. The van der Waals surface area contributed by atoms with Crippen LogP contribution in [0.5, 0.6) is 0 Å². The molecule has 0 bridgehead atoms. The Labute approximate surface area is 93.9 Å². The second-order valence-corrected chi connectivity index (χ2v) is 1.38. The van der Waals surface area contributed by atoms with Crippen LogP contribution in [-0.2, 0) is 18.3 Å². The van der Waals surface area contributed by atoms with Crippen molar-refractivity contribution in [1.29, 1.82) is 0 Å². The van der Waals surface area contributed by atoms with Crippen molar-refractivity contribution in [2.45, 2.75) is 0 Å². The summed E-state index contributed by atoms with van der Waals surface area (Å²) in [6.07, 6.45) is 0. The van der Waals surface area contributed by atoms with Gasteiger partial charge in [-0.1, -0.05) is 0 Å². The van der Waals surface area contributed by atoms with Crippen LogP contribution in [0.1, 0.15) is 0 Å². The molecule has 0 spiro atoms. The molecule has 0 saturated heterocycles. The standard InChI is InChI=1S/K.2HO3P/c;2*1-4(2)3/h;2*(H,1,2,3)/q+1;;/p-1. The van der Waals surface area contributed by atoms with E-state index in [1.807, 2.05) is 0 Å². The van der Waals surface area contributed by atoms with Crippen molar-refractivity contribution >= 4 is 15.8 Å². The van der Waals surface area contributed by atoms with Crippen LogP contribution >= 0.6 is 15.8 Å². The maximum absolute atomic E-state index is 8.59. The van der Waals surface area contributed by atoms with E-state index in [0.717, 1.165) is 0 Å². The van der Waals surface area contributed by atoms with Gasteiger partial charge in [0.05, 0.1) is 0 Å². The Morgan fingerprint density at radius 2 is 1.11 bits per heavy atom. The molecule has 0 saturated carbocycles. The molecule has 0 aliphatic heterocycles. The van der Waals surface area contributed by atoms with E-state index in [0.29, 0.717) is 0 Å². The zero-order valence-electron chi connectivity index (χ0n) is 4.38. The predicted molar refractivity (Wildman–Crippen MR) is 18.8 cm³/mol. The first kappa shape index (κ1) is 16.8. The van der Waals surface area contributed by atoms with E-state index in [-0.39, 0.29) is 51.4 Å². The van der Waals surface area contributed by atoms with Crippen LogP contribution in [0.4, 0.5) is 0 Å². The van der Waals surface area contributed by atoms with E-state index >= 15 is 0 Å². The van der Waals surface area contributed by atoms with Crippen molar-refractivity contribution in [2.24, 2.45) is 0 Å². The van der Waals surface area contributed by atoms with E-state index < -0.39 is 15.8 Å². The molecule has 0 aromatic carbocycles. The molecule has 0 heterocycles. The van der Waals surface area contributed by atoms with E-state index in [1.165, 1.54) is 0 Å². The normalized spacial score (nSPS) is 5.56. The van der Waals surface area contributed by atoms with Gasteiger partial charge in [0.1, 0.15) is 0 Å². The first-order chi connectivity index (χ1) is 3.46. The van der Waals surface area contributed by atoms with Gasteiger partial charge < -0.3 is 4.89 Å². The molecule has 0 unspecified atom stereocenters. The SMILES string of the molecule is O=P(=O)O.O=P(=O)[O-].[K+]. The van der Waals surface area contributed by atoms with Gasteiger partial charge in [0.15, 0.2) is 0 Å². The Morgan fingerprint density at radius 1 is 1.11 bits per heavy atom. The van der Waals surface area contributed by atoms with Crippen LogP contribution in [-0.4, -0.2) is 4.89 Å². The van der Waals surface area contributed by atoms with E-state index in [1.54, 1.807) is 0 Å². The van der Waals surface area contributed by atoms with E-state index in [9.17, 15) is 0 Å². The maximum Gasteiger partial charge on any atom is 1.00 e. The van der Waals surface area contributed by atoms with Crippen molar-refractivity contribution in [1.82, 2.24) is 0 Å². The van der Waals surface area contributed by atoms with Gasteiger partial charge in [-0.25, -0.2) is 9.13 Å². The Hall–Kier alpha value is 1.36. The molecule has 0 radical (unpaired) electrons. The largest absolute Gasteiger partial charge is 1.00 e. The minimum absolute atomic E-state index is 0. The molecule has 9 heavy (non-hydrogen) atoms. The topological polar surface area (TPSA) is 112 Å². The first-order valence-corrected chi connectivity index (χ1v) is 3.34. The summed E-state index contributed by atoms with van der Waals surface area (Å²) in [7, 11) is -6.49. The summed E-state index contributed by atoms with van der Waals surface area (Å²) in [4.78, 5) is 15.5. The van der Waals surface area contributed by atoms with Crippen LogP contribution in [0, 0.1) is 0 Å². The van der Waals surface area contributed by atoms with Crippen LogP contribution in [0.15, 0.2) is 0 Å². The zero-order chi connectivity index (χ0) is 7.15. The molecule has 0 aromatic rings. The summed E-state index contributed by atoms with van der Waals surface area (Å²) < 4.78 is 34.1. The van der Waals surface area contributed by atoms with Gasteiger partial charge in [-0.2, -0.15) is 0 Å². The Morgan fingerprint density at radius 3 is 1.11 bits per heavy atom. The Balaban J connectivity index is -0.0000000720. The van der Waals surface area contributed by atoms with E-state index in [2.05, 4.69) is 0 Å². The summed E-state index contributed by atoms with van der Waals surface area (Å²) >= 11 is 0. The maximum atomic E-state index is 8.59. The molecule has 0 rings (SSSR count). The van der Waals surface area contributed by atoms with Gasteiger partial charge in [-0.15, -0.1) is 0 Å². The van der Waals surface area contributed by atoms with Gasteiger partial charge >= 0.3 is 59.3 Å². The first-order valence-electron chi connectivity index (χ1n) is 1.11. The zero-order valence-corrected chi connectivity index (χ0v) is 9.29. The van der Waals surface area contributed by atoms with Crippen LogP contribution in [0.3, 0.4) is 0 Å². The van der Waals surface area contributed by atoms with Crippen LogP contribution in [0.25, 0.3) is 0 Å². The molecule has 6 nitrogen and oxygen atoms in total. The van der Waals surface area contributed by atoms with Gasteiger partial charge in [0, 0.05) is 0 Å². The Kier molecular flexibility index (Phi) is 22.5. The molecule has 0 fully saturated rings. The van der Waals surface area contributed by atoms with Crippen LogP contribution < -0.4 is 56.3 Å². The van der Waals surface area contributed by atoms with Gasteiger partial charge in [-0.3, -0.25) is 14.0 Å². The second kappa shape index (κ2) is 12.1. The van der Waals surface area contributed by atoms with Crippen molar-refractivity contribution in [3.05, 3.63) is 0 Å². The summed E-state index contributed by atoms with van der Waals surface area (Å²) in [5.74, 6) is 0. The fraction of sp³-hybridized carbons (Fsp3) is 0. The van der Waals surface area contributed by atoms with Crippen molar-refractivity contribution in [3.8, 4) is 0 Å². The van der Waals surface area contributed by atoms with Crippen LogP contribution in [0.2, 0.25) is 0 Å². The number of hydrogen-bond acceptors (Lipinski definition) is 5. The molecule has 0 aliphatic carbocycles. The number of rotatable bonds is 0. The molecule has 0 aromatic heterocycles. The predicted octanol–water partition coefficient (Wildman–Crippen LogP) is -3.49. The summed E-state index contributed by atoms with van der Waals surface area (Å²) in [5, 5.41) is 0.